The largest absolute Gasteiger partial charge is 0.497 e. The molecule has 1 aliphatic carbocycles. The molecule has 1 saturated heterocycles. The first-order chi connectivity index (χ1) is 8.56. The van der Waals surface area contributed by atoms with E-state index < -0.39 is 0 Å². The molecule has 2 aliphatic rings. The van der Waals surface area contributed by atoms with Crippen LogP contribution in [0, 0.1) is 0 Å². The van der Waals surface area contributed by atoms with Crippen LogP contribution in [-0.4, -0.2) is 37.7 Å². The van der Waals surface area contributed by atoms with E-state index in [-0.39, 0.29) is 11.5 Å². The first-order valence-corrected chi connectivity index (χ1v) is 6.69. The second-order valence-corrected chi connectivity index (χ2v) is 5.97. The van der Waals surface area contributed by atoms with Gasteiger partial charge >= 0.3 is 0 Å². The summed E-state index contributed by atoms with van der Waals surface area (Å²) in [5, 5.41) is 0. The fraction of sp³-hybridized carbons (Fsp3) is 0.600. The van der Waals surface area contributed by atoms with Crippen LogP contribution in [0.3, 0.4) is 0 Å². The van der Waals surface area contributed by atoms with Crippen LogP contribution in [0.1, 0.15) is 24.5 Å². The summed E-state index contributed by atoms with van der Waals surface area (Å²) in [6.45, 7) is 3.45. The topological polar surface area (TPSA) is 38.5 Å². The number of piperidine rings is 1. The van der Waals surface area contributed by atoms with Gasteiger partial charge in [0.25, 0.3) is 0 Å². The summed E-state index contributed by atoms with van der Waals surface area (Å²) in [4.78, 5) is 2.42. The summed E-state index contributed by atoms with van der Waals surface area (Å²) in [6.07, 6.45) is 2.19. The molecule has 1 aliphatic heterocycles. The zero-order valence-electron chi connectivity index (χ0n) is 11.4. The number of nitrogens with zero attached hydrogens (tertiary/aromatic N) is 1. The Labute approximate surface area is 109 Å². The molecule has 3 nitrogen and oxygen atoms in total. The van der Waals surface area contributed by atoms with Gasteiger partial charge in [0.05, 0.1) is 7.11 Å². The van der Waals surface area contributed by atoms with Gasteiger partial charge in [-0.1, -0.05) is 13.0 Å². The third-order valence-electron chi connectivity index (χ3n) is 5.06. The Balaban J connectivity index is 2.13. The van der Waals surface area contributed by atoms with Crippen LogP contribution in [0.25, 0.3) is 0 Å². The van der Waals surface area contributed by atoms with Crippen LogP contribution in [0.15, 0.2) is 18.2 Å². The Morgan fingerprint density at radius 2 is 2.22 bits per heavy atom. The van der Waals surface area contributed by atoms with Crippen molar-refractivity contribution < 1.29 is 4.74 Å². The van der Waals surface area contributed by atoms with Crippen molar-refractivity contribution in [3.8, 4) is 5.75 Å². The lowest BCUT2D eigenvalue weighted by Gasteiger charge is -2.53. The lowest BCUT2D eigenvalue weighted by molar-refractivity contribution is 0.0861. The fourth-order valence-corrected chi connectivity index (χ4v) is 3.65. The van der Waals surface area contributed by atoms with E-state index >= 15 is 0 Å². The molecule has 1 aromatic rings. The number of nitrogens with two attached hydrogens (primary N) is 1. The van der Waals surface area contributed by atoms with Gasteiger partial charge in [0, 0.05) is 17.5 Å². The van der Waals surface area contributed by atoms with Crippen molar-refractivity contribution in [2.75, 3.05) is 20.7 Å². The molecule has 18 heavy (non-hydrogen) atoms. The van der Waals surface area contributed by atoms with Gasteiger partial charge in [-0.05, 0) is 49.7 Å². The van der Waals surface area contributed by atoms with Crippen LogP contribution >= 0.6 is 0 Å². The van der Waals surface area contributed by atoms with Gasteiger partial charge in [-0.25, -0.2) is 0 Å². The minimum Gasteiger partial charge on any atom is -0.497 e. The van der Waals surface area contributed by atoms with Crippen LogP contribution in [0.5, 0.6) is 5.75 Å². The Kier molecular flexibility index (Phi) is 2.65. The van der Waals surface area contributed by atoms with Crippen molar-refractivity contribution in [3.63, 3.8) is 0 Å². The Hall–Kier alpha value is -1.06. The number of rotatable bonds is 1. The van der Waals surface area contributed by atoms with Crippen LogP contribution < -0.4 is 10.5 Å². The number of benzene rings is 1. The predicted octanol–water partition coefficient (Wildman–Crippen LogP) is 1.54. The minimum absolute atomic E-state index is 0.0965. The molecular formula is C15H22N2O. The highest BCUT2D eigenvalue weighted by Gasteiger charge is 2.48. The van der Waals surface area contributed by atoms with E-state index in [1.165, 1.54) is 11.1 Å². The first kappa shape index (κ1) is 12.0. The van der Waals surface area contributed by atoms with Gasteiger partial charge in [-0.15, -0.1) is 0 Å². The highest BCUT2D eigenvalue weighted by Crippen LogP contribution is 2.44. The molecule has 3 rings (SSSR count). The molecule has 0 spiro atoms. The summed E-state index contributed by atoms with van der Waals surface area (Å²) in [5.74, 6) is 0.944. The molecule has 98 valence electrons. The smallest absolute Gasteiger partial charge is 0.119 e. The normalized spacial score (nSPS) is 35.1. The van der Waals surface area contributed by atoms with Gasteiger partial charge in [0.15, 0.2) is 0 Å². The quantitative estimate of drug-likeness (QED) is 0.817. The lowest BCUT2D eigenvalue weighted by atomic mass is 9.62. The van der Waals surface area contributed by atoms with Gasteiger partial charge in [0.1, 0.15) is 5.75 Å². The van der Waals surface area contributed by atoms with E-state index in [1.807, 2.05) is 0 Å². The molecule has 1 aromatic carbocycles. The number of methoxy groups -OCH3 is 1. The van der Waals surface area contributed by atoms with Gasteiger partial charge in [-0.3, -0.25) is 0 Å². The van der Waals surface area contributed by atoms with E-state index in [2.05, 4.69) is 37.1 Å². The summed E-state index contributed by atoms with van der Waals surface area (Å²) in [5.41, 5.74) is 9.47. The number of fused-ring (bicyclic) bond motifs is 4. The highest BCUT2D eigenvalue weighted by atomic mass is 16.5. The molecular weight excluding hydrogens is 224 g/mol. The molecule has 0 amide bonds. The molecule has 2 bridgehead atoms. The zero-order chi connectivity index (χ0) is 12.9. The Bertz CT molecular complexity index is 474. The molecule has 1 heterocycles. The van der Waals surface area contributed by atoms with Crippen molar-refractivity contribution in [3.05, 3.63) is 29.3 Å². The van der Waals surface area contributed by atoms with Gasteiger partial charge < -0.3 is 15.4 Å². The molecule has 3 heteroatoms. The molecule has 0 unspecified atom stereocenters. The lowest BCUT2D eigenvalue weighted by Crippen LogP contribution is -2.64. The number of ether oxygens (including phenoxy) is 1. The minimum atomic E-state index is 0.0965. The average Bonchev–Trinajstić information content (AvgIpc) is 2.38. The van der Waals surface area contributed by atoms with Crippen molar-refractivity contribution in [1.29, 1.82) is 0 Å². The second kappa shape index (κ2) is 3.97. The van der Waals surface area contributed by atoms with E-state index in [1.54, 1.807) is 7.11 Å². The maximum absolute atomic E-state index is 6.53. The van der Waals surface area contributed by atoms with E-state index in [0.717, 1.165) is 25.1 Å². The van der Waals surface area contributed by atoms with Crippen LogP contribution in [0.2, 0.25) is 0 Å². The molecule has 1 fully saturated rings. The number of hydrogen-bond donors (Lipinski definition) is 1. The SMILES string of the molecule is COc1ccc2c(c1)[C@@]1(C)CCN(C)[C@H](C2)[C@@H]1N. The standard InChI is InChI=1S/C15H22N2O/c1-15-6-7-17(2)13(14(15)16)8-10-4-5-11(18-3)9-12(10)15/h4-5,9,13-14H,6-8,16H2,1-3H3/t13-,14+,15-/m1/s1. The summed E-state index contributed by atoms with van der Waals surface area (Å²) in [6, 6.07) is 7.16. The third-order valence-corrected chi connectivity index (χ3v) is 5.06. The number of likely N-dealkylation sites (tertiary alicyclic amines) is 1. The number of likely N-dealkylation sites (N-methyl/N-ethyl adjacent to an activating group) is 1. The Morgan fingerprint density at radius 1 is 1.44 bits per heavy atom. The molecule has 3 atom stereocenters. The second-order valence-electron chi connectivity index (χ2n) is 5.97. The number of hydrogen-bond acceptors (Lipinski definition) is 3. The zero-order valence-corrected chi connectivity index (χ0v) is 11.4. The van der Waals surface area contributed by atoms with E-state index in [4.69, 9.17) is 10.5 Å². The Morgan fingerprint density at radius 3 is 2.94 bits per heavy atom. The van der Waals surface area contributed by atoms with E-state index in [0.29, 0.717) is 6.04 Å². The third kappa shape index (κ3) is 1.50. The van der Waals surface area contributed by atoms with E-state index in [9.17, 15) is 0 Å². The highest BCUT2D eigenvalue weighted by molar-refractivity contribution is 5.45. The summed E-state index contributed by atoms with van der Waals surface area (Å²) in [7, 11) is 3.92. The van der Waals surface area contributed by atoms with Crippen molar-refractivity contribution in [2.45, 2.75) is 37.3 Å². The molecule has 0 radical (unpaired) electrons. The summed E-state index contributed by atoms with van der Waals surface area (Å²) >= 11 is 0. The molecule has 0 saturated carbocycles. The summed E-state index contributed by atoms with van der Waals surface area (Å²) < 4.78 is 5.37. The van der Waals surface area contributed by atoms with Crippen LogP contribution in [0.4, 0.5) is 0 Å². The maximum atomic E-state index is 6.53. The average molecular weight is 246 g/mol. The molecule has 2 N–H and O–H groups in total. The van der Waals surface area contributed by atoms with Crippen molar-refractivity contribution >= 4 is 0 Å². The maximum Gasteiger partial charge on any atom is 0.119 e. The van der Waals surface area contributed by atoms with Crippen molar-refractivity contribution in [2.24, 2.45) is 5.73 Å². The van der Waals surface area contributed by atoms with Crippen molar-refractivity contribution in [1.82, 2.24) is 4.90 Å². The predicted molar refractivity (Wildman–Crippen MR) is 73.1 cm³/mol. The van der Waals surface area contributed by atoms with Gasteiger partial charge in [0.2, 0.25) is 0 Å². The molecule has 0 aromatic heterocycles. The fourth-order valence-electron chi connectivity index (χ4n) is 3.65. The van der Waals surface area contributed by atoms with Crippen LogP contribution in [-0.2, 0) is 11.8 Å². The van der Waals surface area contributed by atoms with Gasteiger partial charge in [-0.2, -0.15) is 0 Å². The monoisotopic (exact) mass is 246 g/mol. The first-order valence-electron chi connectivity index (χ1n) is 6.69.